The molecule has 0 aliphatic heterocycles. The summed E-state index contributed by atoms with van der Waals surface area (Å²) < 4.78 is 18.3. The molecule has 4 heteroatoms. The molecular formula is C25H15NO3. The molecule has 0 saturated heterocycles. The first kappa shape index (κ1) is 15.1. The van der Waals surface area contributed by atoms with Gasteiger partial charge in [-0.15, -0.1) is 0 Å². The monoisotopic (exact) mass is 377 g/mol. The third-order valence-corrected chi connectivity index (χ3v) is 5.84. The minimum Gasteiger partial charge on any atom is -0.456 e. The Morgan fingerprint density at radius 1 is 0.483 bits per heavy atom. The predicted octanol–water partition coefficient (Wildman–Crippen LogP) is 7.28. The van der Waals surface area contributed by atoms with E-state index in [9.17, 15) is 0 Å². The number of nitrogens with two attached hydrogens (primary N) is 1. The van der Waals surface area contributed by atoms with Crippen molar-refractivity contribution in [2.75, 3.05) is 5.73 Å². The van der Waals surface area contributed by atoms with Gasteiger partial charge in [0.05, 0.1) is 0 Å². The third kappa shape index (κ3) is 1.93. The minimum absolute atomic E-state index is 0.690. The van der Waals surface area contributed by atoms with Crippen molar-refractivity contribution in [3.05, 3.63) is 66.2 Å². The molecule has 3 aromatic heterocycles. The van der Waals surface area contributed by atoms with Gasteiger partial charge in [-0.1, -0.05) is 12.1 Å². The number of benzene rings is 4. The van der Waals surface area contributed by atoms with Gasteiger partial charge in [0.2, 0.25) is 0 Å². The summed E-state index contributed by atoms with van der Waals surface area (Å²) in [5.74, 6) is 0. The number of furan rings is 3. The average molecular weight is 377 g/mol. The smallest absolute Gasteiger partial charge is 0.139 e. The van der Waals surface area contributed by atoms with Gasteiger partial charge in [0.25, 0.3) is 0 Å². The summed E-state index contributed by atoms with van der Waals surface area (Å²) in [6.45, 7) is 2.07. The molecule has 0 bridgehead atoms. The van der Waals surface area contributed by atoms with Crippen LogP contribution in [0, 0.1) is 6.92 Å². The second-order valence-corrected chi connectivity index (χ2v) is 7.75. The second kappa shape index (κ2) is 4.92. The topological polar surface area (TPSA) is 65.4 Å². The van der Waals surface area contributed by atoms with Crippen molar-refractivity contribution in [2.24, 2.45) is 0 Å². The van der Waals surface area contributed by atoms with Crippen LogP contribution in [0.25, 0.3) is 65.8 Å². The minimum atomic E-state index is 0.690. The third-order valence-electron chi connectivity index (χ3n) is 5.84. The van der Waals surface area contributed by atoms with Crippen LogP contribution < -0.4 is 5.73 Å². The van der Waals surface area contributed by atoms with Crippen LogP contribution in [0.5, 0.6) is 0 Å². The highest BCUT2D eigenvalue weighted by molar-refractivity contribution is 6.19. The Labute approximate surface area is 164 Å². The van der Waals surface area contributed by atoms with Crippen LogP contribution in [0.3, 0.4) is 0 Å². The molecule has 29 heavy (non-hydrogen) atoms. The molecule has 138 valence electrons. The quantitative estimate of drug-likeness (QED) is 0.282. The Morgan fingerprint density at radius 3 is 1.52 bits per heavy atom. The fraction of sp³-hybridized carbons (Fsp3) is 0.0400. The van der Waals surface area contributed by atoms with Gasteiger partial charge in [-0.3, -0.25) is 0 Å². The van der Waals surface area contributed by atoms with E-state index < -0.39 is 0 Å². The van der Waals surface area contributed by atoms with E-state index in [1.54, 1.807) is 0 Å². The summed E-state index contributed by atoms with van der Waals surface area (Å²) in [7, 11) is 0. The molecule has 0 atom stereocenters. The zero-order valence-electron chi connectivity index (χ0n) is 15.6. The van der Waals surface area contributed by atoms with Crippen molar-refractivity contribution < 1.29 is 13.3 Å². The molecule has 4 nitrogen and oxygen atoms in total. The van der Waals surface area contributed by atoms with E-state index in [4.69, 9.17) is 19.0 Å². The zero-order chi connectivity index (χ0) is 19.3. The van der Waals surface area contributed by atoms with Crippen LogP contribution >= 0.6 is 0 Å². The largest absolute Gasteiger partial charge is 0.456 e. The number of aryl methyl sites for hydroxylation is 1. The van der Waals surface area contributed by atoms with Gasteiger partial charge in [0.15, 0.2) is 0 Å². The summed E-state index contributed by atoms with van der Waals surface area (Å²) in [6.07, 6.45) is 0. The SMILES string of the molecule is Cc1ccc2c(c1)oc1cc3oc4cc5oc6cc(N)ccc6c5cc4c3cc12. The van der Waals surface area contributed by atoms with Crippen LogP contribution in [0.15, 0.2) is 73.9 Å². The highest BCUT2D eigenvalue weighted by atomic mass is 16.3. The average Bonchev–Trinajstić information content (AvgIpc) is 3.33. The molecular weight excluding hydrogens is 362 g/mol. The summed E-state index contributed by atoms with van der Waals surface area (Å²) in [5, 5.41) is 6.46. The first-order valence-corrected chi connectivity index (χ1v) is 9.55. The number of hydrogen-bond acceptors (Lipinski definition) is 4. The molecule has 2 N–H and O–H groups in total. The molecule has 0 radical (unpaired) electrons. The van der Waals surface area contributed by atoms with Crippen LogP contribution in [0.2, 0.25) is 0 Å². The molecule has 0 spiro atoms. The first-order chi connectivity index (χ1) is 14.1. The molecule has 0 aliphatic rings. The molecule has 0 amide bonds. The van der Waals surface area contributed by atoms with Crippen LogP contribution in [-0.2, 0) is 0 Å². The molecule has 7 rings (SSSR count). The number of nitrogen functional groups attached to an aromatic ring is 1. The molecule has 0 saturated carbocycles. The van der Waals surface area contributed by atoms with E-state index in [1.165, 1.54) is 5.56 Å². The van der Waals surface area contributed by atoms with Crippen molar-refractivity contribution in [2.45, 2.75) is 6.92 Å². The summed E-state index contributed by atoms with van der Waals surface area (Å²) >= 11 is 0. The number of anilines is 1. The maximum atomic E-state index is 6.16. The normalized spacial score (nSPS) is 12.4. The number of rotatable bonds is 0. The van der Waals surface area contributed by atoms with Crippen molar-refractivity contribution >= 4 is 71.5 Å². The van der Waals surface area contributed by atoms with Crippen molar-refractivity contribution in [3.63, 3.8) is 0 Å². The van der Waals surface area contributed by atoms with E-state index in [0.29, 0.717) is 5.69 Å². The fourth-order valence-electron chi connectivity index (χ4n) is 4.44. The van der Waals surface area contributed by atoms with E-state index in [1.807, 2.05) is 30.3 Å². The lowest BCUT2D eigenvalue weighted by atomic mass is 10.1. The predicted molar refractivity (Wildman–Crippen MR) is 117 cm³/mol. The molecule has 7 aromatic rings. The van der Waals surface area contributed by atoms with Crippen molar-refractivity contribution in [1.82, 2.24) is 0 Å². The lowest BCUT2D eigenvalue weighted by Gasteiger charge is -1.93. The van der Waals surface area contributed by atoms with Gasteiger partial charge in [0.1, 0.15) is 33.5 Å². The van der Waals surface area contributed by atoms with Gasteiger partial charge in [0, 0.05) is 56.2 Å². The maximum Gasteiger partial charge on any atom is 0.139 e. The highest BCUT2D eigenvalue weighted by Gasteiger charge is 2.16. The lowest BCUT2D eigenvalue weighted by molar-refractivity contribution is 0.651. The van der Waals surface area contributed by atoms with Gasteiger partial charge < -0.3 is 19.0 Å². The Hall–Kier alpha value is -3.92. The number of hydrogen-bond donors (Lipinski definition) is 1. The van der Waals surface area contributed by atoms with E-state index in [-0.39, 0.29) is 0 Å². The highest BCUT2D eigenvalue weighted by Crippen LogP contribution is 2.40. The first-order valence-electron chi connectivity index (χ1n) is 9.55. The Kier molecular flexibility index (Phi) is 2.55. The van der Waals surface area contributed by atoms with Gasteiger partial charge in [-0.2, -0.15) is 0 Å². The Bertz CT molecular complexity index is 1650. The van der Waals surface area contributed by atoms with E-state index >= 15 is 0 Å². The standard InChI is InChI=1S/C25H15NO3/c1-12-2-4-14-16-8-18-19-9-17-15-5-3-13(26)7-21(15)28-23(17)11-25(19)29-24(18)10-22(16)27-20(14)6-12/h2-11H,26H2,1H3. The lowest BCUT2D eigenvalue weighted by Crippen LogP contribution is -1.81. The van der Waals surface area contributed by atoms with Crippen LogP contribution in [-0.4, -0.2) is 0 Å². The van der Waals surface area contributed by atoms with Crippen molar-refractivity contribution in [3.8, 4) is 0 Å². The Balaban J connectivity index is 1.62. The summed E-state index contributed by atoms with van der Waals surface area (Å²) in [6, 6.07) is 20.3. The molecule has 0 aliphatic carbocycles. The second-order valence-electron chi connectivity index (χ2n) is 7.75. The zero-order valence-corrected chi connectivity index (χ0v) is 15.6. The maximum absolute atomic E-state index is 6.16. The summed E-state index contributed by atoms with van der Waals surface area (Å²) in [5.41, 5.74) is 12.7. The summed E-state index contributed by atoms with van der Waals surface area (Å²) in [4.78, 5) is 0. The van der Waals surface area contributed by atoms with Gasteiger partial charge in [-0.05, 0) is 42.8 Å². The van der Waals surface area contributed by atoms with E-state index in [2.05, 4.69) is 37.3 Å². The van der Waals surface area contributed by atoms with Gasteiger partial charge in [-0.25, -0.2) is 0 Å². The van der Waals surface area contributed by atoms with Crippen LogP contribution in [0.1, 0.15) is 5.56 Å². The molecule has 0 fully saturated rings. The molecule has 4 aromatic carbocycles. The van der Waals surface area contributed by atoms with Crippen molar-refractivity contribution in [1.29, 1.82) is 0 Å². The molecule has 3 heterocycles. The number of fused-ring (bicyclic) bond motifs is 9. The van der Waals surface area contributed by atoms with Crippen LogP contribution in [0.4, 0.5) is 5.69 Å². The van der Waals surface area contributed by atoms with E-state index in [0.717, 1.165) is 65.8 Å². The molecule has 0 unspecified atom stereocenters. The Morgan fingerprint density at radius 2 is 0.931 bits per heavy atom. The van der Waals surface area contributed by atoms with Gasteiger partial charge >= 0.3 is 0 Å². The fourth-order valence-corrected chi connectivity index (χ4v) is 4.44.